The normalized spacial score (nSPS) is 31.8. The van der Waals surface area contributed by atoms with Crippen molar-refractivity contribution in [1.82, 2.24) is 10.3 Å². The Balaban J connectivity index is 1.87. The van der Waals surface area contributed by atoms with Gasteiger partial charge in [-0.15, -0.1) is 0 Å². The molecule has 1 N–H and O–H groups in total. The Hall–Kier alpha value is -0.970. The molecule has 2 aliphatic heterocycles. The zero-order valence-electron chi connectivity index (χ0n) is 10.1. The average Bonchev–Trinajstić information content (AvgIpc) is 2.78. The molecule has 0 saturated carbocycles. The maximum absolute atomic E-state index is 5.82. The van der Waals surface area contributed by atoms with Crippen LogP contribution < -0.4 is 5.32 Å². The first-order valence-electron chi connectivity index (χ1n) is 6.16. The minimum atomic E-state index is -0.379. The number of nitrogens with one attached hydrogen (secondary N) is 1. The molecule has 1 spiro atoms. The Morgan fingerprint density at radius 3 is 2.88 bits per heavy atom. The van der Waals surface area contributed by atoms with Crippen LogP contribution in [0.15, 0.2) is 24.5 Å². The highest BCUT2D eigenvalue weighted by Crippen LogP contribution is 2.40. The van der Waals surface area contributed by atoms with Gasteiger partial charge in [-0.3, -0.25) is 4.98 Å². The van der Waals surface area contributed by atoms with Crippen molar-refractivity contribution in [2.24, 2.45) is 0 Å². The van der Waals surface area contributed by atoms with Crippen molar-refractivity contribution in [3.63, 3.8) is 0 Å². The monoisotopic (exact) mass is 234 g/mol. The zero-order valence-corrected chi connectivity index (χ0v) is 10.1. The largest absolute Gasteiger partial charge is 0.347 e. The summed E-state index contributed by atoms with van der Waals surface area (Å²) >= 11 is 0. The van der Waals surface area contributed by atoms with Crippen LogP contribution >= 0.6 is 0 Å². The van der Waals surface area contributed by atoms with E-state index in [0.29, 0.717) is 13.2 Å². The Morgan fingerprint density at radius 2 is 2.18 bits per heavy atom. The van der Waals surface area contributed by atoms with Crippen LogP contribution in [0.1, 0.15) is 25.3 Å². The second kappa shape index (κ2) is 4.05. The lowest BCUT2D eigenvalue weighted by molar-refractivity contribution is -0.190. The number of hydrogen-bond acceptors (Lipinski definition) is 4. The summed E-state index contributed by atoms with van der Waals surface area (Å²) < 4.78 is 11.6. The van der Waals surface area contributed by atoms with Gasteiger partial charge in [0.15, 0.2) is 5.79 Å². The van der Waals surface area contributed by atoms with E-state index in [4.69, 9.17) is 9.47 Å². The van der Waals surface area contributed by atoms with Gasteiger partial charge >= 0.3 is 0 Å². The van der Waals surface area contributed by atoms with Crippen molar-refractivity contribution in [2.45, 2.75) is 31.1 Å². The van der Waals surface area contributed by atoms with Crippen molar-refractivity contribution in [1.29, 1.82) is 0 Å². The minimum absolute atomic E-state index is 0.114. The summed E-state index contributed by atoms with van der Waals surface area (Å²) in [6.45, 7) is 4.52. The molecule has 2 aliphatic rings. The van der Waals surface area contributed by atoms with E-state index in [9.17, 15) is 0 Å². The summed E-state index contributed by atoms with van der Waals surface area (Å²) in [6, 6.07) is 4.08. The Labute approximate surface area is 101 Å². The molecule has 0 aliphatic carbocycles. The number of aromatic nitrogens is 1. The maximum atomic E-state index is 5.82. The van der Waals surface area contributed by atoms with Gasteiger partial charge in [-0.1, -0.05) is 6.07 Å². The van der Waals surface area contributed by atoms with Gasteiger partial charge in [-0.25, -0.2) is 0 Å². The van der Waals surface area contributed by atoms with Crippen molar-refractivity contribution in [2.75, 3.05) is 19.8 Å². The third-order valence-corrected chi connectivity index (χ3v) is 3.76. The van der Waals surface area contributed by atoms with Crippen LogP contribution in [0.4, 0.5) is 0 Å². The number of ether oxygens (including phenoxy) is 2. The van der Waals surface area contributed by atoms with Crippen LogP contribution in [0.3, 0.4) is 0 Å². The predicted molar refractivity (Wildman–Crippen MR) is 63.5 cm³/mol. The average molecular weight is 234 g/mol. The highest BCUT2D eigenvalue weighted by molar-refractivity contribution is 5.21. The third-order valence-electron chi connectivity index (χ3n) is 3.76. The van der Waals surface area contributed by atoms with Gasteiger partial charge in [0, 0.05) is 37.3 Å². The quantitative estimate of drug-likeness (QED) is 0.798. The molecular formula is C13H18N2O2. The van der Waals surface area contributed by atoms with E-state index in [1.807, 2.05) is 12.3 Å². The smallest absolute Gasteiger partial charge is 0.171 e. The van der Waals surface area contributed by atoms with Crippen LogP contribution in [-0.4, -0.2) is 30.5 Å². The lowest BCUT2D eigenvalue weighted by Crippen LogP contribution is -2.54. The predicted octanol–water partition coefficient (Wildman–Crippen LogP) is 1.42. The maximum Gasteiger partial charge on any atom is 0.171 e. The van der Waals surface area contributed by atoms with Crippen molar-refractivity contribution in [3.8, 4) is 0 Å². The molecule has 0 radical (unpaired) electrons. The van der Waals surface area contributed by atoms with Gasteiger partial charge in [0.2, 0.25) is 0 Å². The molecule has 1 aromatic rings. The fourth-order valence-corrected chi connectivity index (χ4v) is 2.86. The lowest BCUT2D eigenvalue weighted by Gasteiger charge is -2.43. The van der Waals surface area contributed by atoms with Gasteiger partial charge in [-0.05, 0) is 18.6 Å². The number of nitrogens with zero attached hydrogens (tertiary/aromatic N) is 1. The van der Waals surface area contributed by atoms with E-state index < -0.39 is 0 Å². The molecule has 4 nitrogen and oxygen atoms in total. The first kappa shape index (κ1) is 11.1. The summed E-state index contributed by atoms with van der Waals surface area (Å²) in [5.74, 6) is -0.379. The molecule has 17 heavy (non-hydrogen) atoms. The van der Waals surface area contributed by atoms with Gasteiger partial charge < -0.3 is 14.8 Å². The van der Waals surface area contributed by atoms with Crippen molar-refractivity contribution < 1.29 is 9.47 Å². The van der Waals surface area contributed by atoms with Gasteiger partial charge in [0.1, 0.15) is 0 Å². The van der Waals surface area contributed by atoms with Gasteiger partial charge in [-0.2, -0.15) is 0 Å². The molecule has 0 bridgehead atoms. The standard InChI is InChI=1S/C13H18N2O2/c1-12(11-3-2-5-14-9-11)10-13(4-6-15-12)16-7-8-17-13/h2-3,5,9,15H,4,6-8,10H2,1H3. The van der Waals surface area contributed by atoms with Crippen LogP contribution in [-0.2, 0) is 15.0 Å². The summed E-state index contributed by atoms with van der Waals surface area (Å²) in [5.41, 5.74) is 1.08. The number of hydrogen-bond donors (Lipinski definition) is 1. The summed E-state index contributed by atoms with van der Waals surface area (Å²) in [7, 11) is 0. The van der Waals surface area contributed by atoms with Crippen LogP contribution in [0.25, 0.3) is 0 Å². The molecule has 2 saturated heterocycles. The van der Waals surface area contributed by atoms with Crippen molar-refractivity contribution >= 4 is 0 Å². The third kappa shape index (κ3) is 1.97. The highest BCUT2D eigenvalue weighted by atomic mass is 16.7. The molecular weight excluding hydrogens is 216 g/mol. The van der Waals surface area contributed by atoms with Gasteiger partial charge in [0.25, 0.3) is 0 Å². The zero-order chi connectivity index (χ0) is 11.8. The van der Waals surface area contributed by atoms with E-state index in [1.165, 1.54) is 5.56 Å². The lowest BCUT2D eigenvalue weighted by atomic mass is 9.81. The molecule has 3 heterocycles. The summed E-state index contributed by atoms with van der Waals surface area (Å²) in [6.07, 6.45) is 5.48. The second-order valence-corrected chi connectivity index (χ2v) is 5.03. The topological polar surface area (TPSA) is 43.4 Å². The van der Waals surface area contributed by atoms with E-state index in [0.717, 1.165) is 19.4 Å². The highest BCUT2D eigenvalue weighted by Gasteiger charge is 2.47. The molecule has 1 aromatic heterocycles. The molecule has 92 valence electrons. The molecule has 3 rings (SSSR count). The van der Waals surface area contributed by atoms with Crippen LogP contribution in [0.5, 0.6) is 0 Å². The van der Waals surface area contributed by atoms with Crippen LogP contribution in [0.2, 0.25) is 0 Å². The number of pyridine rings is 1. The molecule has 0 aromatic carbocycles. The van der Waals surface area contributed by atoms with Gasteiger partial charge in [0.05, 0.1) is 13.2 Å². The Bertz CT molecular complexity index is 390. The Kier molecular flexibility index (Phi) is 2.65. The number of rotatable bonds is 1. The molecule has 1 unspecified atom stereocenters. The first-order chi connectivity index (χ1) is 8.23. The molecule has 2 fully saturated rings. The molecule has 4 heteroatoms. The molecule has 1 atom stereocenters. The number of piperidine rings is 1. The SMILES string of the molecule is CC1(c2cccnc2)CC2(CCN1)OCCO2. The fourth-order valence-electron chi connectivity index (χ4n) is 2.86. The van der Waals surface area contributed by atoms with E-state index in [-0.39, 0.29) is 11.3 Å². The second-order valence-electron chi connectivity index (χ2n) is 5.03. The Morgan fingerprint density at radius 1 is 1.35 bits per heavy atom. The van der Waals surface area contributed by atoms with Crippen molar-refractivity contribution in [3.05, 3.63) is 30.1 Å². The van der Waals surface area contributed by atoms with E-state index in [1.54, 1.807) is 6.20 Å². The molecule has 0 amide bonds. The van der Waals surface area contributed by atoms with E-state index >= 15 is 0 Å². The fraction of sp³-hybridized carbons (Fsp3) is 0.615. The summed E-state index contributed by atoms with van der Waals surface area (Å²) in [5, 5.41) is 3.56. The summed E-state index contributed by atoms with van der Waals surface area (Å²) in [4.78, 5) is 4.20. The minimum Gasteiger partial charge on any atom is -0.347 e. The van der Waals surface area contributed by atoms with Crippen LogP contribution in [0, 0.1) is 0 Å². The first-order valence-corrected chi connectivity index (χ1v) is 6.16. The van der Waals surface area contributed by atoms with E-state index in [2.05, 4.69) is 23.3 Å².